The number of hydrogen-bond acceptors (Lipinski definition) is 2. The van der Waals surface area contributed by atoms with Crippen LogP contribution in [0.3, 0.4) is 0 Å². The molecular weight excluding hydrogens is 307 g/mol. The van der Waals surface area contributed by atoms with Crippen LogP contribution in [0.25, 0.3) is 0 Å². The summed E-state index contributed by atoms with van der Waals surface area (Å²) in [4.78, 5) is 0. The van der Waals surface area contributed by atoms with Crippen molar-refractivity contribution in [1.29, 1.82) is 0 Å². The predicted molar refractivity (Wildman–Crippen MR) is 103 cm³/mol. The molecule has 0 radical (unpaired) electrons. The van der Waals surface area contributed by atoms with Crippen LogP contribution in [0.15, 0.2) is 0 Å². The second kappa shape index (κ2) is 18.4. The summed E-state index contributed by atoms with van der Waals surface area (Å²) < 4.78 is 12.1. The summed E-state index contributed by atoms with van der Waals surface area (Å²) in [6, 6.07) is 2.27. The summed E-state index contributed by atoms with van der Waals surface area (Å²) >= 11 is 0. The molecule has 0 aromatic heterocycles. The van der Waals surface area contributed by atoms with Crippen LogP contribution in [-0.4, -0.2) is 21.8 Å². The fourth-order valence-corrected chi connectivity index (χ4v) is 6.13. The van der Waals surface area contributed by atoms with Gasteiger partial charge in [0, 0.05) is 13.2 Å². The van der Waals surface area contributed by atoms with Gasteiger partial charge in [-0.3, -0.25) is 4.70 Å². The maximum absolute atomic E-state index is 6.03. The van der Waals surface area contributed by atoms with Crippen LogP contribution in [0.4, 0.5) is 4.70 Å². The molecule has 0 saturated heterocycles. The molecule has 0 aliphatic rings. The van der Waals surface area contributed by atoms with Crippen LogP contribution < -0.4 is 0 Å². The summed E-state index contributed by atoms with van der Waals surface area (Å²) in [5, 5.41) is 0. The molecule has 0 aliphatic carbocycles. The van der Waals surface area contributed by atoms with E-state index in [0.29, 0.717) is 0 Å². The van der Waals surface area contributed by atoms with Crippen molar-refractivity contribution in [2.75, 3.05) is 13.2 Å². The van der Waals surface area contributed by atoms with Gasteiger partial charge in [-0.1, -0.05) is 84.5 Å². The minimum absolute atomic E-state index is 0. The zero-order chi connectivity index (χ0) is 16.5. The molecule has 0 amide bonds. The lowest BCUT2D eigenvalue weighted by molar-refractivity contribution is 0.182. The minimum atomic E-state index is -1.86. The van der Waals surface area contributed by atoms with Crippen molar-refractivity contribution in [3.8, 4) is 0 Å². The van der Waals surface area contributed by atoms with Gasteiger partial charge in [0.2, 0.25) is 0 Å². The Morgan fingerprint density at radius 3 is 1.30 bits per heavy atom. The van der Waals surface area contributed by atoms with Crippen molar-refractivity contribution in [2.24, 2.45) is 0 Å². The molecule has 0 aromatic carbocycles. The maximum Gasteiger partial charge on any atom is 0.337 e. The second-order valence-corrected chi connectivity index (χ2v) is 10.0. The SMILES string of the molecule is CCCCCCCCCCCCC[Si](CC)(OCC)OCC.F. The van der Waals surface area contributed by atoms with Crippen LogP contribution in [0.2, 0.25) is 12.1 Å². The molecule has 0 spiro atoms. The van der Waals surface area contributed by atoms with Crippen molar-refractivity contribution in [3.63, 3.8) is 0 Å². The van der Waals surface area contributed by atoms with Crippen molar-refractivity contribution >= 4 is 8.56 Å². The molecule has 4 heteroatoms. The highest BCUT2D eigenvalue weighted by atomic mass is 28.4. The molecule has 0 saturated carbocycles. The monoisotopic (exact) mass is 350 g/mol. The van der Waals surface area contributed by atoms with E-state index in [4.69, 9.17) is 8.85 Å². The third-order valence-corrected chi connectivity index (χ3v) is 8.34. The molecule has 0 atom stereocenters. The lowest BCUT2D eigenvalue weighted by Gasteiger charge is -2.28. The van der Waals surface area contributed by atoms with Crippen LogP contribution in [0, 0.1) is 0 Å². The Hall–Kier alpha value is 0.0669. The molecule has 0 unspecified atom stereocenters. The van der Waals surface area contributed by atoms with Crippen LogP contribution in [0.1, 0.15) is 98.3 Å². The normalized spacial score (nSPS) is 11.5. The molecular formula is C19H43FO2Si. The predicted octanol–water partition coefficient (Wildman–Crippen LogP) is 6.99. The fraction of sp³-hybridized carbons (Fsp3) is 1.00. The van der Waals surface area contributed by atoms with Gasteiger partial charge < -0.3 is 8.85 Å². The highest BCUT2D eigenvalue weighted by molar-refractivity contribution is 6.67. The molecule has 0 N–H and O–H groups in total. The molecule has 0 aromatic rings. The van der Waals surface area contributed by atoms with Gasteiger partial charge in [-0.05, 0) is 25.9 Å². The van der Waals surface area contributed by atoms with Crippen molar-refractivity contribution in [3.05, 3.63) is 0 Å². The van der Waals surface area contributed by atoms with Gasteiger partial charge >= 0.3 is 8.56 Å². The topological polar surface area (TPSA) is 18.5 Å². The first-order valence-corrected chi connectivity index (χ1v) is 12.3. The molecule has 2 nitrogen and oxygen atoms in total. The summed E-state index contributed by atoms with van der Waals surface area (Å²) in [7, 11) is -1.86. The minimum Gasteiger partial charge on any atom is -0.394 e. The number of halogens is 1. The fourth-order valence-electron chi connectivity index (χ4n) is 3.15. The van der Waals surface area contributed by atoms with E-state index < -0.39 is 8.56 Å². The van der Waals surface area contributed by atoms with E-state index in [1.807, 2.05) is 0 Å². The Labute approximate surface area is 146 Å². The van der Waals surface area contributed by atoms with E-state index in [1.54, 1.807) is 0 Å². The van der Waals surface area contributed by atoms with Gasteiger partial charge in [-0.2, -0.15) is 0 Å². The second-order valence-electron chi connectivity index (χ2n) is 6.42. The first kappa shape index (κ1) is 25.3. The van der Waals surface area contributed by atoms with Gasteiger partial charge in [0.15, 0.2) is 0 Å². The Morgan fingerprint density at radius 2 is 0.957 bits per heavy atom. The maximum atomic E-state index is 6.03. The van der Waals surface area contributed by atoms with E-state index in [2.05, 4.69) is 27.7 Å². The van der Waals surface area contributed by atoms with Gasteiger partial charge in [-0.15, -0.1) is 0 Å². The zero-order valence-electron chi connectivity index (χ0n) is 16.3. The molecule has 0 rings (SSSR count). The van der Waals surface area contributed by atoms with Crippen molar-refractivity contribution in [1.82, 2.24) is 0 Å². The van der Waals surface area contributed by atoms with Gasteiger partial charge in [0.25, 0.3) is 0 Å². The number of rotatable bonds is 17. The molecule has 0 aliphatic heterocycles. The quantitative estimate of drug-likeness (QED) is 0.208. The summed E-state index contributed by atoms with van der Waals surface area (Å²) in [6.07, 6.45) is 15.4. The standard InChI is InChI=1S/C19H42O2Si.FH/c1-5-9-10-11-12-13-14-15-16-17-18-19-22(8-4,20-6-2)21-7-3;/h5-19H2,1-4H3;1H. The smallest absolute Gasteiger partial charge is 0.337 e. The van der Waals surface area contributed by atoms with E-state index in [0.717, 1.165) is 19.3 Å². The van der Waals surface area contributed by atoms with E-state index >= 15 is 0 Å². The molecule has 142 valence electrons. The van der Waals surface area contributed by atoms with Gasteiger partial charge in [-0.25, -0.2) is 0 Å². The van der Waals surface area contributed by atoms with E-state index in [9.17, 15) is 0 Å². The van der Waals surface area contributed by atoms with Gasteiger partial charge in [0.05, 0.1) is 0 Å². The average molecular weight is 351 g/mol. The summed E-state index contributed by atoms with van der Waals surface area (Å²) in [5.74, 6) is 0. The molecule has 0 fully saturated rings. The third kappa shape index (κ3) is 14.1. The molecule has 0 bridgehead atoms. The first-order chi connectivity index (χ1) is 10.7. The first-order valence-electron chi connectivity index (χ1n) is 10.0. The number of hydrogen-bond donors (Lipinski definition) is 0. The number of unbranched alkanes of at least 4 members (excludes halogenated alkanes) is 10. The average Bonchev–Trinajstić information content (AvgIpc) is 2.53. The van der Waals surface area contributed by atoms with Crippen LogP contribution >= 0.6 is 0 Å². The molecule has 23 heavy (non-hydrogen) atoms. The Morgan fingerprint density at radius 1 is 0.565 bits per heavy atom. The lowest BCUT2D eigenvalue weighted by Crippen LogP contribution is -2.41. The highest BCUT2D eigenvalue weighted by Gasteiger charge is 2.33. The van der Waals surface area contributed by atoms with Crippen LogP contribution in [-0.2, 0) is 8.85 Å². The van der Waals surface area contributed by atoms with Crippen molar-refractivity contribution < 1.29 is 13.6 Å². The Kier molecular flexibility index (Phi) is 20.3. The molecule has 0 heterocycles. The zero-order valence-corrected chi connectivity index (χ0v) is 17.3. The van der Waals surface area contributed by atoms with Gasteiger partial charge in [0.1, 0.15) is 0 Å². The lowest BCUT2D eigenvalue weighted by atomic mass is 10.1. The Balaban J connectivity index is 0. The van der Waals surface area contributed by atoms with E-state index in [-0.39, 0.29) is 4.70 Å². The van der Waals surface area contributed by atoms with Crippen LogP contribution in [0.5, 0.6) is 0 Å². The highest BCUT2D eigenvalue weighted by Crippen LogP contribution is 2.23. The third-order valence-electron chi connectivity index (χ3n) is 4.51. The van der Waals surface area contributed by atoms with E-state index in [1.165, 1.54) is 76.7 Å². The Bertz CT molecular complexity index is 221. The summed E-state index contributed by atoms with van der Waals surface area (Å²) in [5.41, 5.74) is 0. The summed E-state index contributed by atoms with van der Waals surface area (Å²) in [6.45, 7) is 10.3. The largest absolute Gasteiger partial charge is 0.394 e. The van der Waals surface area contributed by atoms with Crippen molar-refractivity contribution in [2.45, 2.75) is 110 Å².